The number of carbonyl (C=O) groups is 2. The summed E-state index contributed by atoms with van der Waals surface area (Å²) in [4.78, 5) is 26.4. The molecule has 0 spiro atoms. The summed E-state index contributed by atoms with van der Waals surface area (Å²) in [5, 5.41) is 8.01. The van der Waals surface area contributed by atoms with E-state index in [-0.39, 0.29) is 29.0 Å². The number of ether oxygens (including phenoxy) is 1. The molecule has 0 N–H and O–H groups in total. The van der Waals surface area contributed by atoms with Crippen molar-refractivity contribution in [2.45, 2.75) is 39.3 Å². The Hall–Kier alpha value is -2.49. The van der Waals surface area contributed by atoms with Gasteiger partial charge in [0.2, 0.25) is 0 Å². The van der Waals surface area contributed by atoms with Crippen LogP contribution in [0.2, 0.25) is 0 Å². The fourth-order valence-electron chi connectivity index (χ4n) is 3.40. The molecule has 0 bridgehead atoms. The fourth-order valence-corrected chi connectivity index (χ4v) is 5.13. The van der Waals surface area contributed by atoms with Crippen LogP contribution in [-0.2, 0) is 25.9 Å². The maximum atomic E-state index is 12.5. The van der Waals surface area contributed by atoms with Gasteiger partial charge >= 0.3 is 5.97 Å². The molecule has 152 valence electrons. The molecule has 1 fully saturated rings. The van der Waals surface area contributed by atoms with Gasteiger partial charge in [0.25, 0.3) is 5.91 Å². The summed E-state index contributed by atoms with van der Waals surface area (Å²) in [6.07, 6.45) is 1.12. The van der Waals surface area contributed by atoms with E-state index >= 15 is 0 Å². The van der Waals surface area contributed by atoms with Crippen molar-refractivity contribution < 1.29 is 22.7 Å². The summed E-state index contributed by atoms with van der Waals surface area (Å²) in [7, 11) is -3.10. The van der Waals surface area contributed by atoms with E-state index in [1.165, 1.54) is 4.90 Å². The van der Waals surface area contributed by atoms with Crippen LogP contribution >= 0.6 is 0 Å². The number of benzene rings is 1. The predicted molar refractivity (Wildman–Crippen MR) is 103 cm³/mol. The van der Waals surface area contributed by atoms with Crippen molar-refractivity contribution in [1.29, 1.82) is 0 Å². The highest BCUT2D eigenvalue weighted by atomic mass is 32.2. The van der Waals surface area contributed by atoms with Gasteiger partial charge in [-0.05, 0) is 38.0 Å². The Labute approximate surface area is 163 Å². The molecule has 1 atom stereocenters. The number of carbonyl (C=O) groups excluding carboxylic acids is 2. The third-order valence-electron chi connectivity index (χ3n) is 4.81. The molecule has 1 amide bonds. The van der Waals surface area contributed by atoms with Crippen molar-refractivity contribution >= 4 is 32.7 Å². The molecule has 9 nitrogen and oxygen atoms in total. The molecule has 1 aromatic carbocycles. The molecule has 0 aliphatic carbocycles. The van der Waals surface area contributed by atoms with Gasteiger partial charge < -0.3 is 9.64 Å². The second kappa shape index (κ2) is 8.26. The molecule has 1 saturated heterocycles. The van der Waals surface area contributed by atoms with Crippen molar-refractivity contribution in [3.05, 3.63) is 23.8 Å². The van der Waals surface area contributed by atoms with Gasteiger partial charge in [-0.25, -0.2) is 17.9 Å². The van der Waals surface area contributed by atoms with Crippen molar-refractivity contribution in [3.63, 3.8) is 0 Å². The lowest BCUT2D eigenvalue weighted by Gasteiger charge is -2.27. The van der Waals surface area contributed by atoms with Crippen LogP contribution in [0.4, 0.5) is 0 Å². The SMILES string of the molecule is CCCN(C(=O)COC(=O)c1ccc2c(c1)nnn2CC)[C@@H]1CCS(=O)(=O)C1. The van der Waals surface area contributed by atoms with E-state index in [9.17, 15) is 18.0 Å². The maximum absolute atomic E-state index is 12.5. The minimum Gasteiger partial charge on any atom is -0.452 e. The molecule has 0 saturated carbocycles. The number of esters is 1. The lowest BCUT2D eigenvalue weighted by molar-refractivity contribution is -0.136. The number of hydrogen-bond donors (Lipinski definition) is 0. The van der Waals surface area contributed by atoms with Gasteiger partial charge in [-0.1, -0.05) is 12.1 Å². The molecule has 10 heteroatoms. The highest BCUT2D eigenvalue weighted by molar-refractivity contribution is 7.91. The number of rotatable bonds is 7. The Morgan fingerprint density at radius 3 is 2.75 bits per heavy atom. The number of fused-ring (bicyclic) bond motifs is 1. The minimum absolute atomic E-state index is 0.0313. The van der Waals surface area contributed by atoms with Crippen molar-refractivity contribution in [2.75, 3.05) is 24.7 Å². The average Bonchev–Trinajstić information content (AvgIpc) is 3.25. The second-order valence-electron chi connectivity index (χ2n) is 6.83. The van der Waals surface area contributed by atoms with Gasteiger partial charge in [0.1, 0.15) is 5.52 Å². The number of aromatic nitrogens is 3. The molecule has 0 unspecified atom stereocenters. The molecule has 0 radical (unpaired) electrons. The van der Waals surface area contributed by atoms with Gasteiger partial charge in [0.15, 0.2) is 16.4 Å². The van der Waals surface area contributed by atoms with Crippen molar-refractivity contribution in [2.24, 2.45) is 0 Å². The quantitative estimate of drug-likeness (QED) is 0.629. The molecule has 1 aliphatic rings. The van der Waals surface area contributed by atoms with E-state index in [0.717, 1.165) is 5.52 Å². The smallest absolute Gasteiger partial charge is 0.338 e. The monoisotopic (exact) mass is 408 g/mol. The first kappa shape index (κ1) is 20.2. The predicted octanol–water partition coefficient (Wildman–Crippen LogP) is 1.03. The van der Waals surface area contributed by atoms with Gasteiger partial charge in [-0.3, -0.25) is 4.79 Å². The number of aryl methyl sites for hydroxylation is 1. The fraction of sp³-hybridized carbons (Fsp3) is 0.556. The summed E-state index contributed by atoms with van der Waals surface area (Å²) in [6, 6.07) is 4.58. The van der Waals surface area contributed by atoms with Crippen LogP contribution < -0.4 is 0 Å². The number of nitrogens with zero attached hydrogens (tertiary/aromatic N) is 4. The van der Waals surface area contributed by atoms with Gasteiger partial charge in [-0.2, -0.15) is 0 Å². The lowest BCUT2D eigenvalue weighted by atomic mass is 10.2. The number of sulfone groups is 1. The normalized spacial score (nSPS) is 18.3. The lowest BCUT2D eigenvalue weighted by Crippen LogP contribution is -2.43. The minimum atomic E-state index is -3.10. The molecule has 1 aliphatic heterocycles. The zero-order valence-corrected chi connectivity index (χ0v) is 16.8. The van der Waals surface area contributed by atoms with E-state index in [1.54, 1.807) is 22.9 Å². The van der Waals surface area contributed by atoms with Crippen molar-refractivity contribution in [1.82, 2.24) is 19.9 Å². The molecule has 2 aromatic rings. The van der Waals surface area contributed by atoms with Crippen molar-refractivity contribution in [3.8, 4) is 0 Å². The van der Waals surface area contributed by atoms with E-state index in [1.807, 2.05) is 13.8 Å². The Kier molecular flexibility index (Phi) is 5.97. The highest BCUT2D eigenvalue weighted by Gasteiger charge is 2.34. The summed E-state index contributed by atoms with van der Waals surface area (Å²) in [5.41, 5.74) is 1.67. The third-order valence-corrected chi connectivity index (χ3v) is 6.56. The van der Waals surface area contributed by atoms with E-state index in [2.05, 4.69) is 10.3 Å². The topological polar surface area (TPSA) is 111 Å². The van der Waals surface area contributed by atoms with E-state index in [4.69, 9.17) is 4.74 Å². The maximum Gasteiger partial charge on any atom is 0.338 e. The Balaban J connectivity index is 1.64. The van der Waals surface area contributed by atoms with Crippen LogP contribution in [0.3, 0.4) is 0 Å². The van der Waals surface area contributed by atoms with Crippen LogP contribution in [-0.4, -0.2) is 70.9 Å². The molecule has 3 rings (SSSR count). The number of amides is 1. The zero-order valence-electron chi connectivity index (χ0n) is 16.0. The summed E-state index contributed by atoms with van der Waals surface area (Å²) < 4.78 is 30.3. The average molecular weight is 408 g/mol. The molecule has 1 aromatic heterocycles. The first-order chi connectivity index (χ1) is 13.3. The Morgan fingerprint density at radius 2 is 2.11 bits per heavy atom. The third kappa shape index (κ3) is 4.32. The first-order valence-corrected chi connectivity index (χ1v) is 11.2. The summed E-state index contributed by atoms with van der Waals surface area (Å²) in [5.74, 6) is -0.952. The van der Waals surface area contributed by atoms with E-state index < -0.39 is 22.4 Å². The molecular weight excluding hydrogens is 384 g/mol. The summed E-state index contributed by atoms with van der Waals surface area (Å²) in [6.45, 7) is 4.53. The second-order valence-corrected chi connectivity index (χ2v) is 9.06. The first-order valence-electron chi connectivity index (χ1n) is 9.35. The zero-order chi connectivity index (χ0) is 20.3. The Bertz CT molecular complexity index is 985. The van der Waals surface area contributed by atoms with E-state index in [0.29, 0.717) is 31.4 Å². The molecule has 28 heavy (non-hydrogen) atoms. The molecular formula is C18H24N4O5S. The van der Waals surface area contributed by atoms with Gasteiger partial charge in [-0.15, -0.1) is 5.10 Å². The highest BCUT2D eigenvalue weighted by Crippen LogP contribution is 2.19. The molecule has 2 heterocycles. The van der Waals surface area contributed by atoms with Gasteiger partial charge in [0.05, 0.1) is 22.6 Å². The Morgan fingerprint density at radius 1 is 1.32 bits per heavy atom. The van der Waals surface area contributed by atoms with Crippen LogP contribution in [0.5, 0.6) is 0 Å². The summed E-state index contributed by atoms with van der Waals surface area (Å²) >= 11 is 0. The van der Waals surface area contributed by atoms with Crippen LogP contribution in [0.1, 0.15) is 37.0 Å². The standard InChI is InChI=1S/C18H24N4O5S/c1-3-8-21(14-7-9-28(25,26)12-14)17(23)11-27-18(24)13-5-6-16-15(10-13)19-20-22(16)4-2/h5-6,10,14H,3-4,7-9,11-12H2,1-2H3/t14-/m1/s1. The largest absolute Gasteiger partial charge is 0.452 e. The van der Waals surface area contributed by atoms with Crippen LogP contribution in [0.25, 0.3) is 11.0 Å². The van der Waals surface area contributed by atoms with Crippen LogP contribution in [0.15, 0.2) is 18.2 Å². The number of hydrogen-bond acceptors (Lipinski definition) is 7. The van der Waals surface area contributed by atoms with Crippen LogP contribution in [0, 0.1) is 0 Å². The van der Waals surface area contributed by atoms with Gasteiger partial charge in [0, 0.05) is 19.1 Å².